The van der Waals surface area contributed by atoms with Gasteiger partial charge < -0.3 is 4.74 Å². The van der Waals surface area contributed by atoms with Gasteiger partial charge in [0.2, 0.25) is 0 Å². The second kappa shape index (κ2) is 7.26. The van der Waals surface area contributed by atoms with Gasteiger partial charge in [0.25, 0.3) is 5.91 Å². The second-order valence-corrected chi connectivity index (χ2v) is 10.2. The predicted octanol–water partition coefficient (Wildman–Crippen LogP) is 7.15. The molecule has 1 aromatic heterocycles. The molecular weight excluding hydrogens is 430 g/mol. The quantitative estimate of drug-likeness (QED) is 0.315. The van der Waals surface area contributed by atoms with E-state index in [1.54, 1.807) is 32.8 Å². The molecule has 7 heteroatoms. The van der Waals surface area contributed by atoms with Crippen LogP contribution in [0.3, 0.4) is 0 Å². The number of benzene rings is 2. The molecule has 144 valence electrons. The fourth-order valence-corrected chi connectivity index (χ4v) is 7.08. The number of ether oxygens (including phenoxy) is 1. The van der Waals surface area contributed by atoms with Gasteiger partial charge in [-0.1, -0.05) is 56.6 Å². The number of amides is 1. The number of carbonyl (C=O) groups excluding carboxylic acids is 1. The minimum Gasteiger partial charge on any atom is -0.494 e. The molecule has 1 amide bonds. The Labute approximate surface area is 181 Å². The van der Waals surface area contributed by atoms with Crippen LogP contribution in [0.15, 0.2) is 42.5 Å². The van der Waals surface area contributed by atoms with E-state index >= 15 is 0 Å². The molecule has 0 N–H and O–H groups in total. The number of fused-ring (bicyclic) bond motifs is 3. The molecule has 0 saturated heterocycles. The number of hydrogen-bond acceptors (Lipinski definition) is 5. The number of carbonyl (C=O) groups is 1. The largest absolute Gasteiger partial charge is 0.494 e. The highest BCUT2D eigenvalue weighted by molar-refractivity contribution is 7.80. The minimum atomic E-state index is -0.552. The van der Waals surface area contributed by atoms with Crippen molar-refractivity contribution < 1.29 is 9.53 Å². The molecule has 3 aromatic rings. The summed E-state index contributed by atoms with van der Waals surface area (Å²) in [6, 6.07) is 13.0. The maximum Gasteiger partial charge on any atom is 0.260 e. The molecule has 4 rings (SSSR count). The lowest BCUT2D eigenvalue weighted by atomic mass is 9.86. The summed E-state index contributed by atoms with van der Waals surface area (Å²) < 4.78 is 6.54. The van der Waals surface area contributed by atoms with E-state index in [0.717, 1.165) is 31.3 Å². The van der Waals surface area contributed by atoms with Crippen molar-refractivity contribution in [1.29, 1.82) is 0 Å². The molecular formula is C21H18ClNO2S3. The van der Waals surface area contributed by atoms with E-state index in [1.807, 2.05) is 42.2 Å². The zero-order valence-corrected chi connectivity index (χ0v) is 18.8. The predicted molar refractivity (Wildman–Crippen MR) is 121 cm³/mol. The average Bonchev–Trinajstić information content (AvgIpc) is 3.05. The van der Waals surface area contributed by atoms with Crippen LogP contribution >= 0.6 is 44.5 Å². The van der Waals surface area contributed by atoms with Gasteiger partial charge in [-0.25, -0.2) is 0 Å². The third kappa shape index (κ3) is 2.99. The summed E-state index contributed by atoms with van der Waals surface area (Å²) in [4.78, 5) is 16.5. The fourth-order valence-electron chi connectivity index (χ4n) is 3.58. The van der Waals surface area contributed by atoms with Crippen LogP contribution in [-0.4, -0.2) is 12.5 Å². The zero-order valence-electron chi connectivity index (χ0n) is 15.6. The first-order valence-electron chi connectivity index (χ1n) is 8.86. The minimum absolute atomic E-state index is 0.129. The van der Waals surface area contributed by atoms with E-state index < -0.39 is 5.54 Å². The van der Waals surface area contributed by atoms with Crippen molar-refractivity contribution in [2.24, 2.45) is 0 Å². The van der Waals surface area contributed by atoms with E-state index in [1.165, 1.54) is 0 Å². The molecule has 0 radical (unpaired) electrons. The molecule has 0 saturated carbocycles. The summed E-state index contributed by atoms with van der Waals surface area (Å²) in [5.74, 6) is 0.638. The Balaban J connectivity index is 1.97. The van der Waals surface area contributed by atoms with Crippen LogP contribution in [0.4, 0.5) is 5.69 Å². The maximum atomic E-state index is 13.6. The Hall–Kier alpha value is -1.73. The van der Waals surface area contributed by atoms with E-state index in [9.17, 15) is 4.79 Å². The number of nitrogens with zero attached hydrogens (tertiary/aromatic N) is 1. The van der Waals surface area contributed by atoms with Gasteiger partial charge >= 0.3 is 0 Å². The van der Waals surface area contributed by atoms with Crippen LogP contribution < -0.4 is 9.64 Å². The lowest BCUT2D eigenvalue weighted by Crippen LogP contribution is -2.47. The summed E-state index contributed by atoms with van der Waals surface area (Å²) >= 11 is 12.0. The molecule has 2 aromatic carbocycles. The molecule has 0 atom stereocenters. The van der Waals surface area contributed by atoms with E-state index in [4.69, 9.17) is 28.6 Å². The Morgan fingerprint density at radius 2 is 1.96 bits per heavy atom. The normalized spacial score (nSPS) is 14.4. The highest BCUT2D eigenvalue weighted by Gasteiger charge is 2.43. The van der Waals surface area contributed by atoms with Crippen LogP contribution in [0.2, 0.25) is 5.02 Å². The summed E-state index contributed by atoms with van der Waals surface area (Å²) in [5, 5.41) is 0.444. The average molecular weight is 448 g/mol. The van der Waals surface area contributed by atoms with Crippen molar-refractivity contribution in [3.05, 3.63) is 61.8 Å². The van der Waals surface area contributed by atoms with Crippen LogP contribution in [0.25, 0.3) is 11.1 Å². The molecule has 2 heterocycles. The molecule has 1 aliphatic rings. The lowest BCUT2D eigenvalue weighted by Gasteiger charge is -2.43. The Kier molecular flexibility index (Phi) is 5.08. The number of halogens is 1. The molecule has 1 aliphatic heterocycles. The number of rotatable bonds is 3. The highest BCUT2D eigenvalue weighted by atomic mass is 35.5. The van der Waals surface area contributed by atoms with Crippen LogP contribution in [0, 0.1) is 3.82 Å². The lowest BCUT2D eigenvalue weighted by molar-refractivity contribution is 0.0961. The number of hydrogen-bond donors (Lipinski definition) is 0. The van der Waals surface area contributed by atoms with Gasteiger partial charge in [-0.05, 0) is 51.1 Å². The standard InChI is InChI=1S/C21H18ClNO2S3/c1-4-25-12-9-10-16-14(11-12)17-18(27-28-20(17)26)21(2,3)23(16)19(24)13-7-5-6-8-15(13)22/h5-11H,4H2,1-3H3. The third-order valence-electron chi connectivity index (χ3n) is 4.84. The van der Waals surface area contributed by atoms with Crippen molar-refractivity contribution in [3.8, 4) is 16.9 Å². The van der Waals surface area contributed by atoms with Crippen LogP contribution in [-0.2, 0) is 5.54 Å². The van der Waals surface area contributed by atoms with Gasteiger partial charge in [0.05, 0.1) is 33.3 Å². The van der Waals surface area contributed by atoms with Gasteiger partial charge in [0, 0.05) is 11.1 Å². The summed E-state index contributed by atoms with van der Waals surface area (Å²) in [7, 11) is 3.20. The van der Waals surface area contributed by atoms with E-state index in [2.05, 4.69) is 13.8 Å². The smallest absolute Gasteiger partial charge is 0.260 e. The maximum absolute atomic E-state index is 13.6. The van der Waals surface area contributed by atoms with Crippen molar-refractivity contribution in [2.75, 3.05) is 11.5 Å². The topological polar surface area (TPSA) is 29.5 Å². The van der Waals surface area contributed by atoms with Gasteiger partial charge in [-0.3, -0.25) is 9.69 Å². The summed E-state index contributed by atoms with van der Waals surface area (Å²) in [6.07, 6.45) is 0. The monoisotopic (exact) mass is 447 g/mol. The molecule has 0 aliphatic carbocycles. The van der Waals surface area contributed by atoms with E-state index in [0.29, 0.717) is 17.2 Å². The van der Waals surface area contributed by atoms with Crippen molar-refractivity contribution in [1.82, 2.24) is 0 Å². The van der Waals surface area contributed by atoms with Crippen molar-refractivity contribution in [3.63, 3.8) is 0 Å². The van der Waals surface area contributed by atoms with Crippen LogP contribution in [0.1, 0.15) is 36.0 Å². The van der Waals surface area contributed by atoms with Crippen molar-refractivity contribution >= 4 is 56.1 Å². The molecule has 0 fully saturated rings. The van der Waals surface area contributed by atoms with Gasteiger partial charge in [-0.15, -0.1) is 0 Å². The van der Waals surface area contributed by atoms with Gasteiger partial charge in [-0.2, -0.15) is 0 Å². The van der Waals surface area contributed by atoms with Gasteiger partial charge in [0.1, 0.15) is 9.57 Å². The molecule has 0 unspecified atom stereocenters. The third-order valence-corrected chi connectivity index (χ3v) is 8.50. The molecule has 3 nitrogen and oxygen atoms in total. The first-order valence-corrected chi connectivity index (χ1v) is 11.8. The summed E-state index contributed by atoms with van der Waals surface area (Å²) in [5.41, 5.74) is 2.73. The Bertz CT molecular complexity index is 1130. The highest BCUT2D eigenvalue weighted by Crippen LogP contribution is 2.53. The Morgan fingerprint density at radius 3 is 2.68 bits per heavy atom. The Morgan fingerprint density at radius 1 is 1.21 bits per heavy atom. The fraction of sp³-hybridized carbons (Fsp3) is 0.238. The SMILES string of the molecule is CCOc1ccc2c(c1)-c1c(ssc1=S)C(C)(C)N2C(=O)c1ccccc1Cl. The summed E-state index contributed by atoms with van der Waals surface area (Å²) in [6.45, 7) is 6.63. The molecule has 0 spiro atoms. The zero-order chi connectivity index (χ0) is 20.1. The second-order valence-electron chi connectivity index (χ2n) is 6.95. The van der Waals surface area contributed by atoms with Gasteiger partial charge in [0.15, 0.2) is 0 Å². The van der Waals surface area contributed by atoms with E-state index in [-0.39, 0.29) is 5.91 Å². The first-order chi connectivity index (χ1) is 13.4. The van der Waals surface area contributed by atoms with Crippen LogP contribution in [0.5, 0.6) is 5.75 Å². The first kappa shape index (κ1) is 19.6. The number of anilines is 1. The molecule has 28 heavy (non-hydrogen) atoms. The molecule has 0 bridgehead atoms. The van der Waals surface area contributed by atoms with Crippen molar-refractivity contribution in [2.45, 2.75) is 26.3 Å².